The molecule has 6 heteroatoms. The summed E-state index contributed by atoms with van der Waals surface area (Å²) in [7, 11) is 1.34. The predicted molar refractivity (Wildman–Crippen MR) is 106 cm³/mol. The molecule has 4 atom stereocenters. The SMILES string of the molecule is COC(=O)C1C(OCc2ccccc2)[C@H]2CC[C@H]2N1C(=O)OCc1ccccc1. The summed E-state index contributed by atoms with van der Waals surface area (Å²) in [6.45, 7) is 0.548. The molecule has 2 aliphatic rings. The van der Waals surface area contributed by atoms with Gasteiger partial charge >= 0.3 is 12.1 Å². The summed E-state index contributed by atoms with van der Waals surface area (Å²) in [5, 5.41) is 0. The molecule has 1 aliphatic carbocycles. The van der Waals surface area contributed by atoms with Gasteiger partial charge in [0.15, 0.2) is 6.04 Å². The van der Waals surface area contributed by atoms with E-state index in [2.05, 4.69) is 0 Å². The number of nitrogens with zero attached hydrogens (tertiary/aromatic N) is 1. The minimum absolute atomic E-state index is 0.0526. The molecule has 0 N–H and O–H groups in total. The Morgan fingerprint density at radius 2 is 1.55 bits per heavy atom. The van der Waals surface area contributed by atoms with E-state index in [-0.39, 0.29) is 18.6 Å². The first-order valence-corrected chi connectivity index (χ1v) is 9.91. The molecule has 4 rings (SSSR count). The zero-order valence-electron chi connectivity index (χ0n) is 16.4. The van der Waals surface area contributed by atoms with Gasteiger partial charge in [-0.1, -0.05) is 60.7 Å². The smallest absolute Gasteiger partial charge is 0.411 e. The van der Waals surface area contributed by atoms with Crippen LogP contribution in [0.2, 0.25) is 0 Å². The van der Waals surface area contributed by atoms with Gasteiger partial charge in [-0.05, 0) is 24.0 Å². The number of methoxy groups -OCH3 is 1. The number of benzene rings is 2. The highest BCUT2D eigenvalue weighted by molar-refractivity contribution is 5.83. The van der Waals surface area contributed by atoms with Crippen LogP contribution in [-0.2, 0) is 32.2 Å². The van der Waals surface area contributed by atoms with Crippen molar-refractivity contribution in [1.82, 2.24) is 4.90 Å². The fourth-order valence-corrected chi connectivity index (χ4v) is 4.23. The standard InChI is InChI=1S/C23H25NO5/c1-27-22(25)20-21(28-14-16-8-4-2-5-9-16)18-12-13-19(18)24(20)23(26)29-15-17-10-6-3-7-11-17/h2-11,18-21H,12-15H2,1H3/t18-,19+,20?,21?/m0/s1. The van der Waals surface area contributed by atoms with Gasteiger partial charge in [-0.15, -0.1) is 0 Å². The van der Waals surface area contributed by atoms with Crippen LogP contribution in [0.3, 0.4) is 0 Å². The minimum atomic E-state index is -0.788. The second-order valence-electron chi connectivity index (χ2n) is 7.49. The summed E-state index contributed by atoms with van der Waals surface area (Å²) in [6, 6.07) is 18.5. The summed E-state index contributed by atoms with van der Waals surface area (Å²) in [5.41, 5.74) is 1.92. The molecular weight excluding hydrogens is 370 g/mol. The molecule has 1 amide bonds. The summed E-state index contributed by atoms with van der Waals surface area (Å²) >= 11 is 0. The molecule has 6 nitrogen and oxygen atoms in total. The number of fused-ring (bicyclic) bond motifs is 1. The number of carbonyl (C=O) groups excluding carboxylic acids is 2. The Labute approximate surface area is 170 Å². The van der Waals surface area contributed by atoms with Crippen molar-refractivity contribution in [3.8, 4) is 0 Å². The van der Waals surface area contributed by atoms with E-state index < -0.39 is 24.2 Å². The molecule has 1 saturated heterocycles. The summed E-state index contributed by atoms with van der Waals surface area (Å²) in [5.74, 6) is -0.346. The number of amides is 1. The lowest BCUT2D eigenvalue weighted by molar-refractivity contribution is -0.150. The Bertz CT molecular complexity index is 841. The second kappa shape index (κ2) is 8.66. The van der Waals surface area contributed by atoms with Crippen molar-refractivity contribution >= 4 is 12.1 Å². The number of hydrogen-bond donors (Lipinski definition) is 0. The Morgan fingerprint density at radius 1 is 0.931 bits per heavy atom. The summed E-state index contributed by atoms with van der Waals surface area (Å²) in [6.07, 6.45) is 0.861. The van der Waals surface area contributed by atoms with Gasteiger partial charge in [-0.3, -0.25) is 4.90 Å². The monoisotopic (exact) mass is 395 g/mol. The fraction of sp³-hybridized carbons (Fsp3) is 0.391. The van der Waals surface area contributed by atoms with Crippen molar-refractivity contribution in [3.05, 3.63) is 71.8 Å². The van der Waals surface area contributed by atoms with Gasteiger partial charge in [0, 0.05) is 12.0 Å². The van der Waals surface area contributed by atoms with Crippen molar-refractivity contribution in [2.45, 2.75) is 44.2 Å². The predicted octanol–water partition coefficient (Wildman–Crippen LogP) is 3.54. The molecule has 1 saturated carbocycles. The molecule has 0 radical (unpaired) electrons. The molecular formula is C23H25NO5. The number of rotatable bonds is 6. The van der Waals surface area contributed by atoms with Crippen LogP contribution in [0.25, 0.3) is 0 Å². The summed E-state index contributed by atoms with van der Waals surface area (Å²) in [4.78, 5) is 27.0. The van der Waals surface area contributed by atoms with Crippen molar-refractivity contribution < 1.29 is 23.8 Å². The third kappa shape index (κ3) is 3.98. The zero-order valence-corrected chi connectivity index (χ0v) is 16.4. The van der Waals surface area contributed by atoms with Gasteiger partial charge in [0.25, 0.3) is 0 Å². The van der Waals surface area contributed by atoms with Crippen LogP contribution < -0.4 is 0 Å². The lowest BCUT2D eigenvalue weighted by Crippen LogP contribution is -2.49. The third-order valence-electron chi connectivity index (χ3n) is 5.82. The highest BCUT2D eigenvalue weighted by atomic mass is 16.6. The van der Waals surface area contributed by atoms with E-state index in [4.69, 9.17) is 14.2 Å². The number of esters is 1. The molecule has 2 aromatic carbocycles. The quantitative estimate of drug-likeness (QED) is 0.700. The molecule has 152 valence electrons. The van der Waals surface area contributed by atoms with E-state index in [1.54, 1.807) is 4.90 Å². The van der Waals surface area contributed by atoms with E-state index in [9.17, 15) is 9.59 Å². The largest absolute Gasteiger partial charge is 0.467 e. The van der Waals surface area contributed by atoms with Crippen molar-refractivity contribution in [1.29, 1.82) is 0 Å². The molecule has 2 fully saturated rings. The van der Waals surface area contributed by atoms with Gasteiger partial charge in [0.2, 0.25) is 0 Å². The van der Waals surface area contributed by atoms with Gasteiger partial charge in [0.05, 0.1) is 19.8 Å². The van der Waals surface area contributed by atoms with Crippen LogP contribution in [-0.4, -0.2) is 42.3 Å². The molecule has 0 spiro atoms. The van der Waals surface area contributed by atoms with Crippen LogP contribution >= 0.6 is 0 Å². The maximum absolute atomic E-state index is 12.9. The first kappa shape index (κ1) is 19.5. The Balaban J connectivity index is 1.48. The van der Waals surface area contributed by atoms with E-state index in [0.717, 1.165) is 24.0 Å². The van der Waals surface area contributed by atoms with Crippen LogP contribution in [0, 0.1) is 5.92 Å². The molecule has 2 unspecified atom stereocenters. The second-order valence-corrected chi connectivity index (χ2v) is 7.49. The van der Waals surface area contributed by atoms with Crippen molar-refractivity contribution in [3.63, 3.8) is 0 Å². The number of likely N-dealkylation sites (tertiary alicyclic amines) is 1. The van der Waals surface area contributed by atoms with Crippen LogP contribution in [0.4, 0.5) is 4.79 Å². The lowest BCUT2D eigenvalue weighted by atomic mass is 9.78. The molecule has 0 bridgehead atoms. The van der Waals surface area contributed by atoms with Gasteiger partial charge in [0.1, 0.15) is 6.61 Å². The third-order valence-corrected chi connectivity index (χ3v) is 5.82. The molecule has 0 aromatic heterocycles. The van der Waals surface area contributed by atoms with Crippen LogP contribution in [0.5, 0.6) is 0 Å². The van der Waals surface area contributed by atoms with Crippen LogP contribution in [0.15, 0.2) is 60.7 Å². The van der Waals surface area contributed by atoms with Crippen molar-refractivity contribution in [2.24, 2.45) is 5.92 Å². The fourth-order valence-electron chi connectivity index (χ4n) is 4.23. The highest BCUT2D eigenvalue weighted by Crippen LogP contribution is 2.46. The summed E-state index contributed by atoms with van der Waals surface area (Å²) < 4.78 is 16.7. The Morgan fingerprint density at radius 3 is 2.10 bits per heavy atom. The molecule has 1 aliphatic heterocycles. The average Bonchev–Trinajstić information content (AvgIpc) is 2.97. The zero-order chi connectivity index (χ0) is 20.2. The number of carbonyl (C=O) groups is 2. The first-order valence-electron chi connectivity index (χ1n) is 9.91. The molecule has 2 aromatic rings. The topological polar surface area (TPSA) is 65.1 Å². The molecule has 29 heavy (non-hydrogen) atoms. The molecule has 1 heterocycles. The van der Waals surface area contributed by atoms with E-state index >= 15 is 0 Å². The van der Waals surface area contributed by atoms with E-state index in [1.807, 2.05) is 60.7 Å². The maximum Gasteiger partial charge on any atom is 0.411 e. The minimum Gasteiger partial charge on any atom is -0.467 e. The van der Waals surface area contributed by atoms with Gasteiger partial charge < -0.3 is 14.2 Å². The number of ether oxygens (including phenoxy) is 3. The van der Waals surface area contributed by atoms with Gasteiger partial charge in [-0.25, -0.2) is 9.59 Å². The van der Waals surface area contributed by atoms with Crippen LogP contribution in [0.1, 0.15) is 24.0 Å². The number of hydrogen-bond acceptors (Lipinski definition) is 5. The Hall–Kier alpha value is -2.86. The maximum atomic E-state index is 12.9. The normalized spacial score (nSPS) is 25.1. The van der Waals surface area contributed by atoms with Gasteiger partial charge in [-0.2, -0.15) is 0 Å². The average molecular weight is 395 g/mol. The van der Waals surface area contributed by atoms with Crippen molar-refractivity contribution in [2.75, 3.05) is 7.11 Å². The van der Waals surface area contributed by atoms with E-state index in [0.29, 0.717) is 6.61 Å². The van der Waals surface area contributed by atoms with E-state index in [1.165, 1.54) is 7.11 Å². The Kier molecular flexibility index (Phi) is 5.81. The lowest BCUT2D eigenvalue weighted by Gasteiger charge is -2.36. The first-order chi connectivity index (χ1) is 14.2. The highest BCUT2D eigenvalue weighted by Gasteiger charge is 2.59.